The fraction of sp³-hybridized carbons (Fsp3) is 0.200. The van der Waals surface area contributed by atoms with Crippen LogP contribution in [0, 0.1) is 6.92 Å². The van der Waals surface area contributed by atoms with Crippen molar-refractivity contribution in [2.45, 2.75) is 6.92 Å². The molecule has 0 fully saturated rings. The Balaban J connectivity index is 1.83. The predicted molar refractivity (Wildman–Crippen MR) is 89.7 cm³/mol. The number of benzene rings is 1. The Kier molecular flexibility index (Phi) is 3.97. The van der Waals surface area contributed by atoms with Gasteiger partial charge in [0.25, 0.3) is 0 Å². The van der Waals surface area contributed by atoms with Gasteiger partial charge in [0.05, 0.1) is 0 Å². The molecule has 0 spiro atoms. The molecule has 0 atom stereocenters. The van der Waals surface area contributed by atoms with Crippen LogP contribution in [0.25, 0.3) is 10.6 Å². The predicted octanol–water partition coefficient (Wildman–Crippen LogP) is 3.11. The van der Waals surface area contributed by atoms with Gasteiger partial charge >= 0.3 is 0 Å². The second-order valence-corrected chi connectivity index (χ2v) is 5.76. The summed E-state index contributed by atoms with van der Waals surface area (Å²) < 4.78 is 4.31. The van der Waals surface area contributed by atoms with E-state index >= 15 is 0 Å². The molecule has 3 rings (SSSR count). The molecule has 6 nitrogen and oxygen atoms in total. The van der Waals surface area contributed by atoms with Crippen LogP contribution in [0.1, 0.15) is 5.56 Å². The maximum Gasteiger partial charge on any atom is 0.241 e. The molecule has 1 aromatic carbocycles. The van der Waals surface area contributed by atoms with E-state index in [0.29, 0.717) is 11.9 Å². The molecule has 1 N–H and O–H groups in total. The summed E-state index contributed by atoms with van der Waals surface area (Å²) in [6, 6.07) is 9.97. The number of nitrogens with zero attached hydrogens (tertiary/aromatic N) is 5. The molecular formula is C15H16N6S. The largest absolute Gasteiger partial charge is 0.362 e. The number of hydrogen-bond donors (Lipinski definition) is 1. The highest BCUT2D eigenvalue weighted by Crippen LogP contribution is 2.24. The van der Waals surface area contributed by atoms with Crippen molar-refractivity contribution in [3.05, 3.63) is 42.1 Å². The molecule has 3 aromatic rings. The van der Waals surface area contributed by atoms with Gasteiger partial charge in [-0.25, -0.2) is 4.98 Å². The topological polar surface area (TPSA) is 66.8 Å². The second kappa shape index (κ2) is 6.07. The first-order valence-corrected chi connectivity index (χ1v) is 7.58. The van der Waals surface area contributed by atoms with Gasteiger partial charge in [0.2, 0.25) is 11.9 Å². The Bertz CT molecular complexity index is 769. The first-order valence-electron chi connectivity index (χ1n) is 6.80. The molecule has 112 valence electrons. The first kappa shape index (κ1) is 14.4. The van der Waals surface area contributed by atoms with E-state index in [2.05, 4.69) is 24.6 Å². The minimum absolute atomic E-state index is 0.492. The zero-order valence-electron chi connectivity index (χ0n) is 12.6. The van der Waals surface area contributed by atoms with Crippen LogP contribution in [-0.2, 0) is 0 Å². The lowest BCUT2D eigenvalue weighted by atomic mass is 10.2. The summed E-state index contributed by atoms with van der Waals surface area (Å²) in [5.41, 5.74) is 2.07. The zero-order chi connectivity index (χ0) is 15.5. The molecule has 2 aromatic heterocycles. The molecule has 0 saturated carbocycles. The molecule has 0 aliphatic carbocycles. The average Bonchev–Trinajstić information content (AvgIpc) is 2.98. The molecule has 0 amide bonds. The van der Waals surface area contributed by atoms with Gasteiger partial charge in [0.1, 0.15) is 10.8 Å². The van der Waals surface area contributed by atoms with Crippen LogP contribution >= 0.6 is 11.5 Å². The molecule has 0 unspecified atom stereocenters. The summed E-state index contributed by atoms with van der Waals surface area (Å²) in [5, 5.41) is 3.92. The maximum atomic E-state index is 4.48. The minimum Gasteiger partial charge on any atom is -0.362 e. The monoisotopic (exact) mass is 312 g/mol. The van der Waals surface area contributed by atoms with E-state index in [4.69, 9.17) is 0 Å². The Morgan fingerprint density at radius 3 is 2.55 bits per heavy atom. The second-order valence-electron chi connectivity index (χ2n) is 5.01. The summed E-state index contributed by atoms with van der Waals surface area (Å²) in [5.74, 6) is 1.88. The quantitative estimate of drug-likeness (QED) is 0.798. The van der Waals surface area contributed by atoms with E-state index in [1.165, 1.54) is 11.5 Å². The van der Waals surface area contributed by atoms with Crippen molar-refractivity contribution < 1.29 is 0 Å². The van der Waals surface area contributed by atoms with Gasteiger partial charge in [-0.3, -0.25) is 5.32 Å². The Hall–Kier alpha value is -2.54. The van der Waals surface area contributed by atoms with Gasteiger partial charge in [-0.05, 0) is 18.5 Å². The Morgan fingerprint density at radius 2 is 1.82 bits per heavy atom. The number of nitrogens with one attached hydrogen (secondary N) is 1. The molecule has 22 heavy (non-hydrogen) atoms. The normalized spacial score (nSPS) is 10.5. The Labute approximate surface area is 133 Å². The average molecular weight is 312 g/mol. The molecule has 7 heteroatoms. The lowest BCUT2D eigenvalue weighted by Gasteiger charge is -2.14. The summed E-state index contributed by atoms with van der Waals surface area (Å²) in [7, 11) is 3.90. The van der Waals surface area contributed by atoms with Crippen LogP contribution in [0.2, 0.25) is 0 Å². The zero-order valence-corrected chi connectivity index (χ0v) is 13.4. The molecule has 0 saturated heterocycles. The molecule has 0 aliphatic rings. The van der Waals surface area contributed by atoms with Crippen LogP contribution in [-0.4, -0.2) is 33.4 Å². The highest BCUT2D eigenvalue weighted by molar-refractivity contribution is 7.09. The van der Waals surface area contributed by atoms with Crippen molar-refractivity contribution >= 4 is 29.2 Å². The fourth-order valence-electron chi connectivity index (χ4n) is 2.02. The van der Waals surface area contributed by atoms with Crippen LogP contribution in [0.5, 0.6) is 0 Å². The third-order valence-corrected chi connectivity index (χ3v) is 3.80. The van der Waals surface area contributed by atoms with Crippen molar-refractivity contribution in [3.8, 4) is 10.6 Å². The lowest BCUT2D eigenvalue weighted by molar-refractivity contribution is 1.01. The highest BCUT2D eigenvalue weighted by Gasteiger charge is 2.10. The number of aryl methyl sites for hydroxylation is 1. The summed E-state index contributed by atoms with van der Waals surface area (Å²) in [6.45, 7) is 1.98. The van der Waals surface area contributed by atoms with Gasteiger partial charge in [0, 0.05) is 31.4 Å². The number of rotatable bonds is 4. The minimum atomic E-state index is 0.492. The number of aromatic nitrogens is 4. The van der Waals surface area contributed by atoms with E-state index in [0.717, 1.165) is 22.0 Å². The van der Waals surface area contributed by atoms with Gasteiger partial charge in [-0.2, -0.15) is 14.3 Å². The molecule has 0 aliphatic heterocycles. The van der Waals surface area contributed by atoms with Gasteiger partial charge in [0.15, 0.2) is 0 Å². The van der Waals surface area contributed by atoms with E-state index < -0.39 is 0 Å². The van der Waals surface area contributed by atoms with Crippen LogP contribution in [0.15, 0.2) is 36.5 Å². The summed E-state index contributed by atoms with van der Waals surface area (Å²) >= 11 is 1.35. The SMILES string of the molecule is Cc1cnc(Nc2nsc(-c3ccccc3)n2)nc1N(C)C. The van der Waals surface area contributed by atoms with Crippen LogP contribution < -0.4 is 10.2 Å². The highest BCUT2D eigenvalue weighted by atomic mass is 32.1. The standard InChI is InChI=1S/C15H16N6S/c1-10-9-16-14(17-12(10)21(2)3)19-15-18-13(22-20-15)11-7-5-4-6-8-11/h4-9H,1-3H3,(H,16,17,19,20). The van der Waals surface area contributed by atoms with Gasteiger partial charge in [-0.1, -0.05) is 30.3 Å². The van der Waals surface area contributed by atoms with Crippen LogP contribution in [0.3, 0.4) is 0 Å². The van der Waals surface area contributed by atoms with Crippen LogP contribution in [0.4, 0.5) is 17.7 Å². The molecular weight excluding hydrogens is 296 g/mol. The molecule has 0 radical (unpaired) electrons. The number of anilines is 3. The Morgan fingerprint density at radius 1 is 1.05 bits per heavy atom. The van der Waals surface area contributed by atoms with E-state index in [1.54, 1.807) is 6.20 Å². The number of hydrogen-bond acceptors (Lipinski definition) is 7. The van der Waals surface area contributed by atoms with Crippen molar-refractivity contribution in [1.82, 2.24) is 19.3 Å². The molecule has 2 heterocycles. The maximum absolute atomic E-state index is 4.48. The van der Waals surface area contributed by atoms with E-state index in [-0.39, 0.29) is 0 Å². The lowest BCUT2D eigenvalue weighted by Crippen LogP contribution is -2.13. The molecule has 0 bridgehead atoms. The van der Waals surface area contributed by atoms with E-state index in [1.807, 2.05) is 56.3 Å². The van der Waals surface area contributed by atoms with Crippen molar-refractivity contribution in [2.24, 2.45) is 0 Å². The van der Waals surface area contributed by atoms with Gasteiger partial charge < -0.3 is 4.90 Å². The summed E-state index contributed by atoms with van der Waals surface area (Å²) in [6.07, 6.45) is 1.79. The summed E-state index contributed by atoms with van der Waals surface area (Å²) in [4.78, 5) is 15.2. The first-order chi connectivity index (χ1) is 10.6. The van der Waals surface area contributed by atoms with Crippen molar-refractivity contribution in [3.63, 3.8) is 0 Å². The fourth-order valence-corrected chi connectivity index (χ4v) is 2.65. The third-order valence-electron chi connectivity index (χ3n) is 3.04. The van der Waals surface area contributed by atoms with Crippen molar-refractivity contribution in [1.29, 1.82) is 0 Å². The smallest absolute Gasteiger partial charge is 0.241 e. The van der Waals surface area contributed by atoms with E-state index in [9.17, 15) is 0 Å². The third kappa shape index (κ3) is 3.04. The van der Waals surface area contributed by atoms with Crippen molar-refractivity contribution in [2.75, 3.05) is 24.3 Å². The van der Waals surface area contributed by atoms with Gasteiger partial charge in [-0.15, -0.1) is 0 Å².